The summed E-state index contributed by atoms with van der Waals surface area (Å²) in [5.41, 5.74) is 21.0. The number of rotatable bonds is 1. The molecule has 1 aliphatic rings. The molecule has 0 fully saturated rings. The lowest BCUT2D eigenvalue weighted by atomic mass is 9.95. The van der Waals surface area contributed by atoms with E-state index >= 15 is 0 Å². The van der Waals surface area contributed by atoms with Crippen molar-refractivity contribution >= 4 is 11.4 Å². The van der Waals surface area contributed by atoms with Crippen molar-refractivity contribution in [3.63, 3.8) is 0 Å². The van der Waals surface area contributed by atoms with Crippen LogP contribution in [-0.4, -0.2) is 0 Å². The van der Waals surface area contributed by atoms with E-state index in [1.165, 1.54) is 27.8 Å². The molecule has 0 saturated heterocycles. The van der Waals surface area contributed by atoms with Gasteiger partial charge in [-0.25, -0.2) is 0 Å². The van der Waals surface area contributed by atoms with Gasteiger partial charge in [0.25, 0.3) is 0 Å². The Morgan fingerprint density at radius 2 is 1.33 bits per heavy atom. The molecule has 3 aromatic carbocycles. The van der Waals surface area contributed by atoms with Gasteiger partial charge in [0.1, 0.15) is 0 Å². The summed E-state index contributed by atoms with van der Waals surface area (Å²) in [4.78, 5) is 0. The van der Waals surface area contributed by atoms with Gasteiger partial charge in [-0.3, -0.25) is 0 Å². The first-order chi connectivity index (χ1) is 10.2. The fourth-order valence-corrected chi connectivity index (χ4v) is 3.26. The molecule has 0 unspecified atom stereocenters. The Labute approximate surface area is 124 Å². The predicted molar refractivity (Wildman–Crippen MR) is 88.9 cm³/mol. The summed E-state index contributed by atoms with van der Waals surface area (Å²) >= 11 is 0. The molecule has 0 aliphatic heterocycles. The van der Waals surface area contributed by atoms with Crippen molar-refractivity contribution in [1.82, 2.24) is 0 Å². The molecule has 0 bridgehead atoms. The van der Waals surface area contributed by atoms with Crippen LogP contribution in [-0.2, 0) is 6.42 Å². The molecule has 4 N–H and O–H groups in total. The molecule has 0 heterocycles. The standard InChI is InChI=1S/C19H16N2/c20-14-8-13(9-15(21)11-14)17-6-3-7-18-16-5-2-1-4-12(16)10-19(17)18/h1-9,11H,10,20-21H2. The fraction of sp³-hybridized carbons (Fsp3) is 0.0526. The molecule has 4 rings (SSSR count). The minimum absolute atomic E-state index is 0.707. The minimum atomic E-state index is 0.707. The van der Waals surface area contributed by atoms with E-state index in [1.807, 2.05) is 12.1 Å². The number of hydrogen-bond donors (Lipinski definition) is 2. The van der Waals surface area contributed by atoms with E-state index in [2.05, 4.69) is 42.5 Å². The highest BCUT2D eigenvalue weighted by Crippen LogP contribution is 2.41. The van der Waals surface area contributed by atoms with E-state index in [0.29, 0.717) is 11.4 Å². The van der Waals surface area contributed by atoms with Crippen molar-refractivity contribution < 1.29 is 0 Å². The number of benzene rings is 3. The van der Waals surface area contributed by atoms with Gasteiger partial charge in [0.15, 0.2) is 0 Å². The summed E-state index contributed by atoms with van der Waals surface area (Å²) < 4.78 is 0. The Hall–Kier alpha value is -2.74. The molecule has 0 amide bonds. The molecule has 0 saturated carbocycles. The Balaban J connectivity index is 1.94. The van der Waals surface area contributed by atoms with Gasteiger partial charge >= 0.3 is 0 Å². The van der Waals surface area contributed by atoms with Gasteiger partial charge in [-0.05, 0) is 58.0 Å². The molecule has 3 aromatic rings. The third-order valence-corrected chi connectivity index (χ3v) is 4.14. The SMILES string of the molecule is Nc1cc(N)cc(-c2cccc3c2Cc2ccccc2-3)c1. The van der Waals surface area contributed by atoms with Crippen molar-refractivity contribution in [2.24, 2.45) is 0 Å². The second kappa shape index (κ2) is 4.38. The maximum Gasteiger partial charge on any atom is 0.0340 e. The summed E-state index contributed by atoms with van der Waals surface area (Å²) in [6.45, 7) is 0. The second-order valence-corrected chi connectivity index (χ2v) is 5.55. The monoisotopic (exact) mass is 272 g/mol. The first-order valence-corrected chi connectivity index (χ1v) is 7.09. The van der Waals surface area contributed by atoms with E-state index in [9.17, 15) is 0 Å². The lowest BCUT2D eigenvalue weighted by Gasteiger charge is -2.10. The van der Waals surface area contributed by atoms with Crippen LogP contribution in [0.15, 0.2) is 60.7 Å². The van der Waals surface area contributed by atoms with Crippen LogP contribution >= 0.6 is 0 Å². The van der Waals surface area contributed by atoms with Gasteiger partial charge in [-0.2, -0.15) is 0 Å². The zero-order chi connectivity index (χ0) is 14.4. The van der Waals surface area contributed by atoms with Gasteiger partial charge in [0.2, 0.25) is 0 Å². The lowest BCUT2D eigenvalue weighted by Crippen LogP contribution is -1.93. The Bertz CT molecular complexity index is 830. The van der Waals surface area contributed by atoms with Crippen molar-refractivity contribution in [2.45, 2.75) is 6.42 Å². The number of anilines is 2. The maximum atomic E-state index is 5.95. The van der Waals surface area contributed by atoms with E-state index in [1.54, 1.807) is 6.07 Å². The van der Waals surface area contributed by atoms with Crippen LogP contribution in [0.1, 0.15) is 11.1 Å². The smallest absolute Gasteiger partial charge is 0.0340 e. The highest BCUT2D eigenvalue weighted by atomic mass is 14.6. The highest BCUT2D eigenvalue weighted by molar-refractivity contribution is 5.86. The van der Waals surface area contributed by atoms with Gasteiger partial charge in [0, 0.05) is 11.4 Å². The molecule has 0 aromatic heterocycles. The van der Waals surface area contributed by atoms with Gasteiger partial charge in [-0.1, -0.05) is 42.5 Å². The number of nitrogen functional groups attached to an aromatic ring is 2. The fourth-order valence-electron chi connectivity index (χ4n) is 3.26. The van der Waals surface area contributed by atoms with Crippen LogP contribution in [0.25, 0.3) is 22.3 Å². The number of fused-ring (bicyclic) bond motifs is 3. The summed E-state index contributed by atoms with van der Waals surface area (Å²) in [5.74, 6) is 0. The van der Waals surface area contributed by atoms with E-state index in [0.717, 1.165) is 12.0 Å². The molecule has 2 nitrogen and oxygen atoms in total. The van der Waals surface area contributed by atoms with Gasteiger partial charge in [0.05, 0.1) is 0 Å². The first-order valence-electron chi connectivity index (χ1n) is 7.09. The average molecular weight is 272 g/mol. The molecule has 21 heavy (non-hydrogen) atoms. The molecule has 0 radical (unpaired) electrons. The van der Waals surface area contributed by atoms with Crippen molar-refractivity contribution in [1.29, 1.82) is 0 Å². The average Bonchev–Trinajstić information content (AvgIpc) is 2.84. The first kappa shape index (κ1) is 12.0. The van der Waals surface area contributed by atoms with Crippen molar-refractivity contribution in [3.05, 3.63) is 71.8 Å². The van der Waals surface area contributed by atoms with Crippen LogP contribution in [0.3, 0.4) is 0 Å². The Kier molecular flexibility index (Phi) is 2.51. The van der Waals surface area contributed by atoms with Crippen LogP contribution in [0.5, 0.6) is 0 Å². The molecular weight excluding hydrogens is 256 g/mol. The highest BCUT2D eigenvalue weighted by Gasteiger charge is 2.20. The Morgan fingerprint density at radius 3 is 2.14 bits per heavy atom. The number of hydrogen-bond acceptors (Lipinski definition) is 2. The van der Waals surface area contributed by atoms with Crippen LogP contribution in [0, 0.1) is 0 Å². The molecule has 102 valence electrons. The molecule has 0 atom stereocenters. The quantitative estimate of drug-likeness (QED) is 0.513. The minimum Gasteiger partial charge on any atom is -0.399 e. The third-order valence-electron chi connectivity index (χ3n) is 4.14. The second-order valence-electron chi connectivity index (χ2n) is 5.55. The van der Waals surface area contributed by atoms with Crippen molar-refractivity contribution in [2.75, 3.05) is 11.5 Å². The maximum absolute atomic E-state index is 5.95. The predicted octanol–water partition coefficient (Wildman–Crippen LogP) is 4.09. The molecule has 1 aliphatic carbocycles. The lowest BCUT2D eigenvalue weighted by molar-refractivity contribution is 1.26. The third kappa shape index (κ3) is 1.88. The van der Waals surface area contributed by atoms with Crippen LogP contribution < -0.4 is 11.5 Å². The zero-order valence-corrected chi connectivity index (χ0v) is 11.6. The normalized spacial score (nSPS) is 12.0. The van der Waals surface area contributed by atoms with Crippen LogP contribution in [0.4, 0.5) is 11.4 Å². The molecule has 0 spiro atoms. The van der Waals surface area contributed by atoms with E-state index in [4.69, 9.17) is 11.5 Å². The van der Waals surface area contributed by atoms with E-state index in [-0.39, 0.29) is 0 Å². The van der Waals surface area contributed by atoms with Crippen LogP contribution in [0.2, 0.25) is 0 Å². The molecule has 2 heteroatoms. The largest absolute Gasteiger partial charge is 0.399 e. The van der Waals surface area contributed by atoms with E-state index < -0.39 is 0 Å². The summed E-state index contributed by atoms with van der Waals surface area (Å²) in [7, 11) is 0. The summed E-state index contributed by atoms with van der Waals surface area (Å²) in [6, 6.07) is 20.8. The Morgan fingerprint density at radius 1 is 0.667 bits per heavy atom. The zero-order valence-electron chi connectivity index (χ0n) is 11.6. The summed E-state index contributed by atoms with van der Waals surface area (Å²) in [5, 5.41) is 0. The van der Waals surface area contributed by atoms with Gasteiger partial charge < -0.3 is 11.5 Å². The number of nitrogens with two attached hydrogens (primary N) is 2. The van der Waals surface area contributed by atoms with Crippen molar-refractivity contribution in [3.8, 4) is 22.3 Å². The topological polar surface area (TPSA) is 52.0 Å². The summed E-state index contributed by atoms with van der Waals surface area (Å²) in [6.07, 6.45) is 0.969. The molecular formula is C19H16N2. The van der Waals surface area contributed by atoms with Gasteiger partial charge in [-0.15, -0.1) is 0 Å².